The highest BCUT2D eigenvalue weighted by Gasteiger charge is 2.78. The fourth-order valence-electron chi connectivity index (χ4n) is 9.90. The second-order valence-electron chi connectivity index (χ2n) is 17.0. The number of aliphatic hydroxyl groups is 4. The Hall–Kier alpha value is -5.26. The van der Waals surface area contributed by atoms with Crippen LogP contribution in [0.4, 0.5) is 0 Å². The molecule has 2 aromatic rings. The van der Waals surface area contributed by atoms with Crippen LogP contribution in [0.3, 0.4) is 0 Å². The predicted molar refractivity (Wildman–Crippen MR) is 213 cm³/mol. The topological polar surface area (TPSA) is 242 Å². The summed E-state index contributed by atoms with van der Waals surface area (Å²) in [6.07, 6.45) is -9.82. The van der Waals surface area contributed by atoms with E-state index < -0.39 is 119 Å². The molecule has 11 atom stereocenters. The van der Waals surface area contributed by atoms with Gasteiger partial charge in [0.1, 0.15) is 30.0 Å². The van der Waals surface area contributed by atoms with E-state index in [4.69, 9.17) is 23.7 Å². The largest absolute Gasteiger partial charge is 0.469 e. The lowest BCUT2D eigenvalue weighted by molar-refractivity contribution is -0.346. The second-order valence-corrected chi connectivity index (χ2v) is 17.0. The molecule has 2 aromatic carbocycles. The van der Waals surface area contributed by atoms with Crippen molar-refractivity contribution in [2.24, 2.45) is 16.7 Å². The molecule has 1 aliphatic heterocycles. The summed E-state index contributed by atoms with van der Waals surface area (Å²) in [6.45, 7) is 8.28. The van der Waals surface area contributed by atoms with Crippen molar-refractivity contribution in [1.82, 2.24) is 5.32 Å². The van der Waals surface area contributed by atoms with E-state index in [0.717, 1.165) is 14.0 Å². The van der Waals surface area contributed by atoms with Gasteiger partial charge in [-0.25, -0.2) is 9.59 Å². The summed E-state index contributed by atoms with van der Waals surface area (Å²) in [5.74, 6) is -6.97. The monoisotopic (exact) mass is 847 g/mol. The molecular weight excluding hydrogens is 794 g/mol. The number of fused-ring (bicyclic) bond motifs is 5. The van der Waals surface area contributed by atoms with E-state index in [-0.39, 0.29) is 40.9 Å². The number of ketones is 1. The number of hydrogen-bond acceptors (Lipinski definition) is 15. The molecule has 6 rings (SSSR count). The average molecular weight is 848 g/mol. The molecule has 0 unspecified atom stereocenters. The van der Waals surface area contributed by atoms with Crippen LogP contribution in [0.25, 0.3) is 0 Å². The number of carbonyl (C=O) groups is 6. The third-order valence-electron chi connectivity index (χ3n) is 13.4. The van der Waals surface area contributed by atoms with Gasteiger partial charge in [-0.15, -0.1) is 0 Å². The summed E-state index contributed by atoms with van der Waals surface area (Å²) < 4.78 is 28.8. The number of methoxy groups -OCH3 is 1. The van der Waals surface area contributed by atoms with E-state index in [1.54, 1.807) is 48.5 Å². The van der Waals surface area contributed by atoms with Crippen LogP contribution < -0.4 is 5.32 Å². The summed E-state index contributed by atoms with van der Waals surface area (Å²) in [5, 5.41) is 51.9. The number of allylic oxidation sites excluding steroid dienone is 1. The molecule has 3 fully saturated rings. The van der Waals surface area contributed by atoms with Crippen LogP contribution in [0, 0.1) is 16.7 Å². The van der Waals surface area contributed by atoms with Gasteiger partial charge in [0.25, 0.3) is 0 Å². The molecule has 4 aliphatic rings. The first-order valence-corrected chi connectivity index (χ1v) is 20.1. The molecule has 0 aromatic heterocycles. The van der Waals surface area contributed by atoms with Gasteiger partial charge >= 0.3 is 23.9 Å². The minimum atomic E-state index is -2.39. The van der Waals surface area contributed by atoms with E-state index in [9.17, 15) is 49.2 Å². The SMILES string of the molecule is C/C=C(/CC(=O)OC)C(=O)N[C@@H](c1ccccc1)[C@@H](O)C(=O)O[C@H]1C[C@@]2(O)[C@@H](OC(=O)c3ccccc3)[C@@H]3[C@]4(OC(C)=O)CO[C@@H]4C[C@H](O)[C@@]3(C)C(=O)[C@H](O)C(=C1C)C2(C)C. The zero-order valence-corrected chi connectivity index (χ0v) is 35.1. The highest BCUT2D eigenvalue weighted by molar-refractivity contribution is 5.98. The van der Waals surface area contributed by atoms with Crippen LogP contribution in [0.2, 0.25) is 0 Å². The van der Waals surface area contributed by atoms with Gasteiger partial charge in [-0.2, -0.15) is 0 Å². The van der Waals surface area contributed by atoms with Gasteiger partial charge in [0.2, 0.25) is 5.91 Å². The Bertz CT molecular complexity index is 2130. The molecule has 1 heterocycles. The number of nitrogens with one attached hydrogen (secondary N) is 1. The third-order valence-corrected chi connectivity index (χ3v) is 13.4. The summed E-state index contributed by atoms with van der Waals surface area (Å²) in [5.41, 5.74) is -7.46. The van der Waals surface area contributed by atoms with Gasteiger partial charge < -0.3 is 49.4 Å². The first kappa shape index (κ1) is 45.3. The number of benzene rings is 2. The summed E-state index contributed by atoms with van der Waals surface area (Å²) >= 11 is 0. The highest BCUT2D eigenvalue weighted by atomic mass is 16.6. The molecule has 1 amide bonds. The molecule has 61 heavy (non-hydrogen) atoms. The molecule has 1 saturated heterocycles. The predicted octanol–water partition coefficient (Wildman–Crippen LogP) is 2.36. The van der Waals surface area contributed by atoms with Crippen molar-refractivity contribution in [2.45, 2.75) is 115 Å². The van der Waals surface area contributed by atoms with Crippen LogP contribution in [0.15, 0.2) is 83.5 Å². The van der Waals surface area contributed by atoms with Gasteiger partial charge in [0, 0.05) is 30.8 Å². The van der Waals surface area contributed by atoms with E-state index in [1.807, 2.05) is 0 Å². The second kappa shape index (κ2) is 16.9. The van der Waals surface area contributed by atoms with Crippen molar-refractivity contribution in [2.75, 3.05) is 13.7 Å². The van der Waals surface area contributed by atoms with Gasteiger partial charge in [-0.3, -0.25) is 19.2 Å². The maximum atomic E-state index is 15.0. The van der Waals surface area contributed by atoms with Crippen LogP contribution in [-0.4, -0.2) is 118 Å². The molecule has 16 nitrogen and oxygen atoms in total. The Labute approximate surface area is 352 Å². The Balaban J connectivity index is 1.47. The van der Waals surface area contributed by atoms with Crippen LogP contribution in [-0.2, 0) is 47.7 Å². The smallest absolute Gasteiger partial charge is 0.338 e. The minimum absolute atomic E-state index is 0.00833. The molecule has 328 valence electrons. The fraction of sp³-hybridized carbons (Fsp3) is 0.511. The molecular formula is C45H53NO15. The first-order valence-electron chi connectivity index (χ1n) is 20.1. The first-order chi connectivity index (χ1) is 28.7. The van der Waals surface area contributed by atoms with Crippen LogP contribution in [0.1, 0.15) is 82.8 Å². The van der Waals surface area contributed by atoms with Gasteiger partial charge in [0.15, 0.2) is 17.5 Å². The Kier molecular flexibility index (Phi) is 12.5. The maximum Gasteiger partial charge on any atom is 0.338 e. The van der Waals surface area contributed by atoms with Crippen molar-refractivity contribution < 1.29 is 72.9 Å². The lowest BCUT2D eigenvalue weighted by Gasteiger charge is -2.67. The molecule has 2 bridgehead atoms. The Morgan fingerprint density at radius 3 is 2.16 bits per heavy atom. The number of esters is 4. The highest BCUT2D eigenvalue weighted by Crippen LogP contribution is 2.64. The Morgan fingerprint density at radius 1 is 0.984 bits per heavy atom. The normalized spacial score (nSPS) is 32.6. The van der Waals surface area contributed by atoms with E-state index in [2.05, 4.69) is 5.32 Å². The van der Waals surface area contributed by atoms with Crippen LogP contribution >= 0.6 is 0 Å². The molecule has 0 radical (unpaired) electrons. The maximum absolute atomic E-state index is 15.0. The quantitative estimate of drug-likeness (QED) is 0.0944. The van der Waals surface area contributed by atoms with Gasteiger partial charge in [-0.1, -0.05) is 68.5 Å². The molecule has 16 heteroatoms. The van der Waals surface area contributed by atoms with E-state index >= 15 is 0 Å². The minimum Gasteiger partial charge on any atom is -0.469 e. The van der Waals surface area contributed by atoms with E-state index in [1.165, 1.54) is 52.8 Å². The van der Waals surface area contributed by atoms with E-state index in [0.29, 0.717) is 0 Å². The molecule has 2 saturated carbocycles. The number of rotatable bonds is 11. The molecule has 3 aliphatic carbocycles. The number of aliphatic hydroxyl groups excluding tert-OH is 3. The van der Waals surface area contributed by atoms with Crippen molar-refractivity contribution in [1.29, 1.82) is 0 Å². The van der Waals surface area contributed by atoms with Gasteiger partial charge in [0.05, 0.1) is 49.2 Å². The summed E-state index contributed by atoms with van der Waals surface area (Å²) in [4.78, 5) is 81.7. The lowest BCUT2D eigenvalue weighted by atomic mass is 9.44. The lowest BCUT2D eigenvalue weighted by Crippen LogP contribution is -2.81. The Morgan fingerprint density at radius 2 is 1.61 bits per heavy atom. The summed E-state index contributed by atoms with van der Waals surface area (Å²) in [7, 11) is 1.16. The van der Waals surface area contributed by atoms with Crippen LogP contribution in [0.5, 0.6) is 0 Å². The summed E-state index contributed by atoms with van der Waals surface area (Å²) in [6, 6.07) is 14.4. The van der Waals surface area contributed by atoms with Gasteiger partial charge in [-0.05, 0) is 49.6 Å². The number of ether oxygens (including phenoxy) is 5. The van der Waals surface area contributed by atoms with Crippen molar-refractivity contribution in [3.8, 4) is 0 Å². The molecule has 5 N–H and O–H groups in total. The molecule has 0 spiro atoms. The number of carbonyl (C=O) groups excluding carboxylic acids is 6. The zero-order chi connectivity index (χ0) is 44.8. The third kappa shape index (κ3) is 7.58. The average Bonchev–Trinajstić information content (AvgIpc) is 3.23. The fourth-order valence-corrected chi connectivity index (χ4v) is 9.90. The standard InChI is InChI=1S/C45H53NO15/c1-8-25(19-31(49)57-7)39(53)46-33(26-15-11-9-12-16-26)35(51)41(55)59-28-21-45(56)38(60-40(54)27-17-13-10-14-18-27)36-43(6,37(52)34(50)32(23(28)2)42(45,4)5)29(48)20-30-44(36,22-58-30)61-24(3)47/h8-18,28-30,33-36,38,48,50-51,56H,19-22H2,1-7H3,(H,46,53)/b25-8-/t28-,29-,30+,33-,34+,35+,36-,38-,43+,44-,45+/m0/s1. The number of Topliss-reactive ketones (excluding diaryl/α,β-unsaturated/α-hetero) is 1. The number of hydrogen-bond donors (Lipinski definition) is 5. The van der Waals surface area contributed by atoms with Crippen molar-refractivity contribution >= 4 is 35.6 Å². The zero-order valence-electron chi connectivity index (χ0n) is 35.1. The van der Waals surface area contributed by atoms with Crippen molar-refractivity contribution in [3.63, 3.8) is 0 Å². The number of amides is 1. The van der Waals surface area contributed by atoms with Crippen molar-refractivity contribution in [3.05, 3.63) is 94.6 Å².